The molecule has 0 spiro atoms. The van der Waals surface area contributed by atoms with Gasteiger partial charge in [0.05, 0.1) is 36.5 Å². The second kappa shape index (κ2) is 20.4. The van der Waals surface area contributed by atoms with E-state index in [1.165, 1.54) is 22.3 Å². The smallest absolute Gasteiger partial charge is 0.307 e. The number of likely N-dealkylation sites (tertiary alicyclic amines) is 1. The number of benzene rings is 1. The molecule has 3 aromatic rings. The molecule has 1 aliphatic heterocycles. The van der Waals surface area contributed by atoms with Crippen LogP contribution in [0.5, 0.6) is 11.5 Å². The van der Waals surface area contributed by atoms with E-state index in [2.05, 4.69) is 37.0 Å². The number of esters is 1. The molecule has 16 heteroatoms. The minimum atomic E-state index is -3.91. The maximum atomic E-state index is 14.8. The van der Waals surface area contributed by atoms with E-state index in [1.807, 2.05) is 36.6 Å². The average molecular weight is 880 g/mol. The van der Waals surface area contributed by atoms with Crippen molar-refractivity contribution < 1.29 is 41.8 Å². The number of nitrogens with zero attached hydrogens (tertiary/aromatic N) is 3. The van der Waals surface area contributed by atoms with Crippen molar-refractivity contribution in [2.75, 3.05) is 13.7 Å². The molecule has 2 fully saturated rings. The molecule has 332 valence electrons. The summed E-state index contributed by atoms with van der Waals surface area (Å²) in [4.78, 5) is 67.0. The highest BCUT2D eigenvalue weighted by Crippen LogP contribution is 2.38. The third kappa shape index (κ3) is 12.4. The average Bonchev–Trinajstić information content (AvgIpc) is 3.80. The van der Waals surface area contributed by atoms with E-state index < -0.39 is 68.7 Å². The molecule has 0 bridgehead atoms. The Labute approximate surface area is 364 Å². The number of ether oxygens (including phenoxy) is 3. The van der Waals surface area contributed by atoms with Crippen molar-refractivity contribution >= 4 is 56.0 Å². The van der Waals surface area contributed by atoms with Crippen LogP contribution in [0.2, 0.25) is 0 Å². The first-order valence-corrected chi connectivity index (χ1v) is 23.5. The number of allylic oxidation sites excluding steroid dienone is 1. The zero-order valence-electron chi connectivity index (χ0n) is 36.5. The van der Waals surface area contributed by atoms with Gasteiger partial charge >= 0.3 is 5.97 Å². The Morgan fingerprint density at radius 3 is 2.41 bits per heavy atom. The molecular weight excluding hydrogens is 819 g/mol. The van der Waals surface area contributed by atoms with Crippen LogP contribution in [0.3, 0.4) is 0 Å². The second-order valence-electron chi connectivity index (χ2n) is 17.2. The van der Waals surface area contributed by atoms with Crippen LogP contribution < -0.4 is 19.5 Å². The minimum absolute atomic E-state index is 0.0182. The van der Waals surface area contributed by atoms with Crippen LogP contribution in [0, 0.1) is 12.8 Å². The quantitative estimate of drug-likeness (QED) is 0.0622. The van der Waals surface area contributed by atoms with Crippen LogP contribution in [0.25, 0.3) is 21.6 Å². The summed E-state index contributed by atoms with van der Waals surface area (Å²) in [6.07, 6.45) is 6.72. The standard InChI is InChI=1S/C45H61N5O9S2/c1-10-12-13-14-15-17-29(22-39(51)59-45(6,7)8)44(54)50-25-30(23-36(50)42(53)47-33(16-11-2)41(52)49-61(55,56)31-18-19-31)58-38-24-34(43-48-35(26-60-43)27(3)4)46-40-28(5)37(57-9)21-20-32(38)40/h10-11,20-21,24,26-27,29-31,33,36H,1-2,12-19,22-23,25H2,3-9H3,(H,47,53)(H,49,52). The number of carbonyl (C=O) groups excluding carboxylic acids is 4. The molecule has 0 radical (unpaired) electrons. The Bertz CT molecular complexity index is 2210. The van der Waals surface area contributed by atoms with Crippen molar-refractivity contribution in [3.63, 3.8) is 0 Å². The number of nitrogens with one attached hydrogen (secondary N) is 2. The fraction of sp³-hybridized carbons (Fsp3) is 0.556. The maximum absolute atomic E-state index is 14.8. The molecule has 5 rings (SSSR count). The van der Waals surface area contributed by atoms with Crippen molar-refractivity contribution in [2.45, 2.75) is 141 Å². The minimum Gasteiger partial charge on any atom is -0.496 e. The van der Waals surface area contributed by atoms with Gasteiger partial charge in [-0.15, -0.1) is 24.5 Å². The van der Waals surface area contributed by atoms with Gasteiger partial charge in [-0.3, -0.25) is 23.9 Å². The van der Waals surface area contributed by atoms with Gasteiger partial charge in [-0.05, 0) is 84.3 Å². The lowest BCUT2D eigenvalue weighted by molar-refractivity contribution is -0.159. The molecule has 2 aliphatic rings. The monoisotopic (exact) mass is 879 g/mol. The largest absolute Gasteiger partial charge is 0.496 e. The topological polar surface area (TPSA) is 183 Å². The molecular formula is C45H61N5O9S2. The van der Waals surface area contributed by atoms with E-state index in [4.69, 9.17) is 24.2 Å². The van der Waals surface area contributed by atoms with Crippen LogP contribution in [0.4, 0.5) is 0 Å². The Kier molecular flexibility index (Phi) is 15.8. The maximum Gasteiger partial charge on any atom is 0.307 e. The van der Waals surface area contributed by atoms with Gasteiger partial charge in [-0.25, -0.2) is 18.4 Å². The number of unbranched alkanes of at least 4 members (excludes halogenated alkanes) is 3. The first kappa shape index (κ1) is 47.2. The fourth-order valence-corrected chi connectivity index (χ4v) is 9.64. The molecule has 2 aromatic heterocycles. The van der Waals surface area contributed by atoms with Crippen molar-refractivity contribution in [1.82, 2.24) is 24.9 Å². The molecule has 1 aromatic carbocycles. The number of thiazole rings is 1. The highest BCUT2D eigenvalue weighted by atomic mass is 32.2. The molecule has 2 N–H and O–H groups in total. The van der Waals surface area contributed by atoms with Crippen molar-refractivity contribution in [2.24, 2.45) is 5.92 Å². The van der Waals surface area contributed by atoms with E-state index in [-0.39, 0.29) is 31.7 Å². The van der Waals surface area contributed by atoms with Crippen molar-refractivity contribution in [3.05, 3.63) is 60.1 Å². The van der Waals surface area contributed by atoms with Gasteiger partial charge in [0, 0.05) is 34.7 Å². The lowest BCUT2D eigenvalue weighted by Gasteiger charge is -2.29. The zero-order valence-corrected chi connectivity index (χ0v) is 38.1. The van der Waals surface area contributed by atoms with Crippen molar-refractivity contribution in [1.29, 1.82) is 0 Å². The summed E-state index contributed by atoms with van der Waals surface area (Å²) in [7, 11) is -2.32. The number of fused-ring (bicyclic) bond motifs is 1. The van der Waals surface area contributed by atoms with Gasteiger partial charge < -0.3 is 24.4 Å². The van der Waals surface area contributed by atoms with Gasteiger partial charge in [0.2, 0.25) is 21.8 Å². The van der Waals surface area contributed by atoms with Crippen molar-refractivity contribution in [3.8, 4) is 22.2 Å². The number of sulfonamides is 1. The van der Waals surface area contributed by atoms with Crippen LogP contribution in [0.1, 0.15) is 116 Å². The normalized spacial score (nSPS) is 17.7. The van der Waals surface area contributed by atoms with Gasteiger partial charge in [0.15, 0.2) is 0 Å². The Morgan fingerprint density at radius 2 is 1.79 bits per heavy atom. The number of carbonyl (C=O) groups is 4. The molecule has 14 nitrogen and oxygen atoms in total. The molecule has 1 aliphatic carbocycles. The summed E-state index contributed by atoms with van der Waals surface area (Å²) < 4.78 is 45.6. The van der Waals surface area contributed by atoms with Gasteiger partial charge in [-0.2, -0.15) is 0 Å². The lowest BCUT2D eigenvalue weighted by Crippen LogP contribution is -2.54. The number of pyridine rings is 1. The van der Waals surface area contributed by atoms with E-state index in [0.29, 0.717) is 58.8 Å². The number of methoxy groups -OCH3 is 1. The van der Waals surface area contributed by atoms with Crippen LogP contribution in [-0.2, 0) is 33.9 Å². The first-order chi connectivity index (χ1) is 28.8. The molecule has 3 amide bonds. The van der Waals surface area contributed by atoms with Crippen LogP contribution >= 0.6 is 11.3 Å². The Balaban J connectivity index is 1.51. The van der Waals surface area contributed by atoms with E-state index >= 15 is 0 Å². The SMILES string of the molecule is C=CCCCCCC(CC(=O)OC(C)(C)C)C(=O)N1CC(Oc2cc(-c3nc(C(C)C)cs3)nc3c(C)c(OC)ccc23)CC1C(=O)NC(CC=C)C(=O)NS(=O)(=O)C1CC1. The molecule has 1 saturated heterocycles. The molecule has 61 heavy (non-hydrogen) atoms. The molecule has 4 unspecified atom stereocenters. The molecule has 3 heterocycles. The summed E-state index contributed by atoms with van der Waals surface area (Å²) in [6, 6.07) is 3.08. The summed E-state index contributed by atoms with van der Waals surface area (Å²) in [5.74, 6) is -2.02. The first-order valence-electron chi connectivity index (χ1n) is 21.1. The van der Waals surface area contributed by atoms with E-state index in [1.54, 1.807) is 27.9 Å². The number of rotatable bonds is 21. The van der Waals surface area contributed by atoms with Gasteiger partial charge in [0.25, 0.3) is 5.91 Å². The summed E-state index contributed by atoms with van der Waals surface area (Å²) in [5.41, 5.74) is 2.17. The number of aryl methyl sites for hydroxylation is 1. The predicted octanol–water partition coefficient (Wildman–Crippen LogP) is 7.30. The number of amides is 3. The third-order valence-electron chi connectivity index (χ3n) is 10.7. The van der Waals surface area contributed by atoms with E-state index in [9.17, 15) is 27.6 Å². The summed E-state index contributed by atoms with van der Waals surface area (Å²) >= 11 is 1.47. The molecule has 4 atom stereocenters. The highest BCUT2D eigenvalue weighted by Gasteiger charge is 2.45. The van der Waals surface area contributed by atoms with Gasteiger partial charge in [0.1, 0.15) is 46.0 Å². The lowest BCUT2D eigenvalue weighted by atomic mass is 9.95. The Morgan fingerprint density at radius 1 is 1.05 bits per heavy atom. The number of hydrogen-bond donors (Lipinski definition) is 2. The summed E-state index contributed by atoms with van der Waals surface area (Å²) in [5, 5.41) is 5.45. The number of hydrogen-bond acceptors (Lipinski definition) is 12. The fourth-order valence-electron chi connectivity index (χ4n) is 7.36. The predicted molar refractivity (Wildman–Crippen MR) is 237 cm³/mol. The zero-order chi connectivity index (χ0) is 44.6. The Hall–Kier alpha value is -4.83. The third-order valence-corrected chi connectivity index (χ3v) is 13.4. The van der Waals surface area contributed by atoms with Gasteiger partial charge in [-0.1, -0.05) is 38.8 Å². The summed E-state index contributed by atoms with van der Waals surface area (Å²) in [6.45, 7) is 18.8. The molecule has 1 saturated carbocycles. The second-order valence-corrected chi connectivity index (χ2v) is 20.0. The van der Waals surface area contributed by atoms with Crippen LogP contribution in [-0.4, -0.2) is 89.7 Å². The highest BCUT2D eigenvalue weighted by molar-refractivity contribution is 7.90. The number of aromatic nitrogens is 2. The van der Waals surface area contributed by atoms with Crippen LogP contribution in [0.15, 0.2) is 48.9 Å². The van der Waals surface area contributed by atoms with E-state index in [0.717, 1.165) is 30.5 Å².